The van der Waals surface area contributed by atoms with Crippen molar-refractivity contribution in [2.75, 3.05) is 25.2 Å². The van der Waals surface area contributed by atoms with Gasteiger partial charge < -0.3 is 14.1 Å². The maximum absolute atomic E-state index is 13.2. The second-order valence-electron chi connectivity index (χ2n) is 7.40. The third-order valence-electron chi connectivity index (χ3n) is 5.33. The Morgan fingerprint density at radius 3 is 2.48 bits per heavy atom. The van der Waals surface area contributed by atoms with Gasteiger partial charge in [-0.1, -0.05) is 25.0 Å². The lowest BCUT2D eigenvalue weighted by Gasteiger charge is -2.28. The van der Waals surface area contributed by atoms with Gasteiger partial charge in [-0.05, 0) is 37.1 Å². The van der Waals surface area contributed by atoms with E-state index in [4.69, 9.17) is 4.42 Å². The van der Waals surface area contributed by atoms with Gasteiger partial charge in [0.2, 0.25) is 20.6 Å². The number of sulfone groups is 1. The fraction of sp³-hybridized carbons (Fsp3) is 0.381. The molecule has 1 amide bonds. The summed E-state index contributed by atoms with van der Waals surface area (Å²) in [7, 11) is -2.82. The van der Waals surface area contributed by atoms with Crippen molar-refractivity contribution in [2.45, 2.75) is 37.1 Å². The summed E-state index contributed by atoms with van der Waals surface area (Å²) in [6.07, 6.45) is 3.70. The molecule has 3 heterocycles. The lowest BCUT2D eigenvalue weighted by Crippen LogP contribution is -2.43. The molecule has 1 aromatic carbocycles. The molecule has 9 nitrogen and oxygen atoms in total. The number of benzene rings is 1. The van der Waals surface area contributed by atoms with Gasteiger partial charge in [0.25, 0.3) is 5.91 Å². The van der Waals surface area contributed by atoms with Crippen LogP contribution in [-0.4, -0.2) is 50.4 Å². The van der Waals surface area contributed by atoms with Crippen LogP contribution in [0.5, 0.6) is 0 Å². The average Bonchev–Trinajstić information content (AvgIpc) is 3.07. The predicted octanol–water partition coefficient (Wildman–Crippen LogP) is 2.58. The normalized spacial score (nSPS) is 18.0. The molecule has 0 radical (unpaired) electrons. The SMILES string of the molecule is COC(=O)c1ccc(CN2N=C(C(=O)N3CCCCCC3)S(=O)(=O)c3ccccc32)o1. The van der Waals surface area contributed by atoms with Crippen LogP contribution in [0.2, 0.25) is 0 Å². The van der Waals surface area contributed by atoms with Crippen LogP contribution in [0.1, 0.15) is 42.0 Å². The number of hydrazone groups is 1. The number of hydrogen-bond donors (Lipinski definition) is 0. The van der Waals surface area contributed by atoms with E-state index < -0.39 is 26.8 Å². The Labute approximate surface area is 180 Å². The van der Waals surface area contributed by atoms with Crippen molar-refractivity contribution in [3.05, 3.63) is 47.9 Å². The maximum atomic E-state index is 13.2. The number of methoxy groups -OCH3 is 1. The second kappa shape index (κ2) is 8.54. The highest BCUT2D eigenvalue weighted by Crippen LogP contribution is 2.33. The predicted molar refractivity (Wildman–Crippen MR) is 112 cm³/mol. The molecule has 0 saturated carbocycles. The molecule has 1 aromatic heterocycles. The summed E-state index contributed by atoms with van der Waals surface area (Å²) in [5.74, 6) is -0.801. The molecule has 2 aromatic rings. The topological polar surface area (TPSA) is 109 Å². The Hall–Kier alpha value is -3.14. The summed E-state index contributed by atoms with van der Waals surface area (Å²) in [4.78, 5) is 26.4. The van der Waals surface area contributed by atoms with E-state index in [1.807, 2.05) is 0 Å². The number of carbonyl (C=O) groups excluding carboxylic acids is 2. The highest BCUT2D eigenvalue weighted by atomic mass is 32.2. The first-order valence-corrected chi connectivity index (χ1v) is 11.6. The highest BCUT2D eigenvalue weighted by molar-refractivity contribution is 8.08. The van der Waals surface area contributed by atoms with E-state index in [0.29, 0.717) is 24.5 Å². The fourth-order valence-electron chi connectivity index (χ4n) is 3.73. The maximum Gasteiger partial charge on any atom is 0.373 e. The van der Waals surface area contributed by atoms with E-state index in [1.165, 1.54) is 24.3 Å². The van der Waals surface area contributed by atoms with Gasteiger partial charge >= 0.3 is 5.97 Å². The number of para-hydroxylation sites is 1. The van der Waals surface area contributed by atoms with Gasteiger partial charge in [0.05, 0.1) is 24.2 Å². The number of amides is 1. The monoisotopic (exact) mass is 445 g/mol. The Morgan fingerprint density at radius 1 is 1.06 bits per heavy atom. The molecule has 31 heavy (non-hydrogen) atoms. The largest absolute Gasteiger partial charge is 0.463 e. The van der Waals surface area contributed by atoms with Crippen LogP contribution in [0.4, 0.5) is 5.69 Å². The molecule has 0 aliphatic carbocycles. The van der Waals surface area contributed by atoms with Crippen molar-refractivity contribution in [3.63, 3.8) is 0 Å². The Morgan fingerprint density at radius 2 is 1.77 bits per heavy atom. The van der Waals surface area contributed by atoms with E-state index >= 15 is 0 Å². The molecule has 10 heteroatoms. The molecule has 0 unspecified atom stereocenters. The van der Waals surface area contributed by atoms with Crippen LogP contribution in [0, 0.1) is 0 Å². The summed E-state index contributed by atoms with van der Waals surface area (Å²) in [6, 6.07) is 9.44. The molecule has 4 rings (SSSR count). The molecule has 1 fully saturated rings. The first kappa shape index (κ1) is 21.1. The zero-order valence-corrected chi connectivity index (χ0v) is 17.9. The molecule has 2 aliphatic heterocycles. The van der Waals surface area contributed by atoms with E-state index in [-0.39, 0.29) is 17.2 Å². The van der Waals surface area contributed by atoms with Gasteiger partial charge in [-0.3, -0.25) is 9.80 Å². The smallest absolute Gasteiger partial charge is 0.373 e. The first-order valence-electron chi connectivity index (χ1n) is 10.1. The van der Waals surface area contributed by atoms with E-state index in [9.17, 15) is 18.0 Å². The quantitative estimate of drug-likeness (QED) is 0.665. The standard InChI is InChI=1S/C21H23N3O6S/c1-29-21(26)17-11-10-15(30-17)14-24-16-8-4-5-9-18(16)31(27,28)19(22-24)20(25)23-12-6-2-3-7-13-23/h4-5,8-11H,2-3,6-7,12-14H2,1H3. The van der Waals surface area contributed by atoms with Crippen molar-refractivity contribution in [1.29, 1.82) is 0 Å². The minimum atomic E-state index is -4.07. The number of rotatable bonds is 4. The third-order valence-corrected chi connectivity index (χ3v) is 7.02. The van der Waals surface area contributed by atoms with Crippen LogP contribution in [0.3, 0.4) is 0 Å². The van der Waals surface area contributed by atoms with Gasteiger partial charge in [0, 0.05) is 13.1 Å². The summed E-state index contributed by atoms with van der Waals surface area (Å²) in [6.45, 7) is 1.06. The minimum Gasteiger partial charge on any atom is -0.463 e. The van der Waals surface area contributed by atoms with Crippen molar-refractivity contribution < 1.29 is 27.2 Å². The van der Waals surface area contributed by atoms with Gasteiger partial charge in [-0.15, -0.1) is 0 Å². The number of ether oxygens (including phenoxy) is 1. The number of likely N-dealkylation sites (tertiary alicyclic amines) is 1. The van der Waals surface area contributed by atoms with Crippen LogP contribution in [0.15, 0.2) is 50.8 Å². The van der Waals surface area contributed by atoms with Crippen LogP contribution in [0.25, 0.3) is 0 Å². The molecule has 0 atom stereocenters. The van der Waals surface area contributed by atoms with Gasteiger partial charge in [-0.2, -0.15) is 5.10 Å². The fourth-order valence-corrected chi connectivity index (χ4v) is 5.21. The van der Waals surface area contributed by atoms with E-state index in [1.54, 1.807) is 29.2 Å². The zero-order valence-electron chi connectivity index (χ0n) is 17.1. The van der Waals surface area contributed by atoms with Gasteiger partial charge in [0.1, 0.15) is 5.76 Å². The number of anilines is 1. The van der Waals surface area contributed by atoms with Crippen molar-refractivity contribution in [2.24, 2.45) is 5.10 Å². The molecular weight excluding hydrogens is 422 g/mol. The summed E-state index contributed by atoms with van der Waals surface area (Å²) in [5, 5.41) is 5.17. The molecular formula is C21H23N3O6S. The number of furan rings is 1. The van der Waals surface area contributed by atoms with Gasteiger partial charge in [-0.25, -0.2) is 13.2 Å². The number of hydrogen-bond acceptors (Lipinski definition) is 8. The first-order chi connectivity index (χ1) is 14.9. The highest BCUT2D eigenvalue weighted by Gasteiger charge is 2.39. The molecule has 0 spiro atoms. The van der Waals surface area contributed by atoms with Crippen molar-refractivity contribution >= 4 is 32.4 Å². The number of carbonyl (C=O) groups is 2. The van der Waals surface area contributed by atoms with E-state index in [2.05, 4.69) is 9.84 Å². The van der Waals surface area contributed by atoms with Crippen molar-refractivity contribution in [3.8, 4) is 0 Å². The second-order valence-corrected chi connectivity index (χ2v) is 9.23. The number of fused-ring (bicyclic) bond motifs is 1. The third kappa shape index (κ3) is 4.07. The van der Waals surface area contributed by atoms with Crippen LogP contribution < -0.4 is 5.01 Å². The zero-order chi connectivity index (χ0) is 22.0. The van der Waals surface area contributed by atoms with Gasteiger partial charge in [0.15, 0.2) is 0 Å². The Bertz CT molecular complexity index is 1130. The van der Waals surface area contributed by atoms with Crippen LogP contribution in [-0.2, 0) is 25.9 Å². The molecule has 164 valence electrons. The lowest BCUT2D eigenvalue weighted by atomic mass is 10.2. The summed E-state index contributed by atoms with van der Waals surface area (Å²) in [5.41, 5.74) is 0.339. The molecule has 2 aliphatic rings. The molecule has 0 N–H and O–H groups in total. The summed E-state index contributed by atoms with van der Waals surface area (Å²) >= 11 is 0. The number of nitrogens with zero attached hydrogens (tertiary/aromatic N) is 3. The van der Waals surface area contributed by atoms with E-state index in [0.717, 1.165) is 25.7 Å². The average molecular weight is 445 g/mol. The lowest BCUT2D eigenvalue weighted by molar-refractivity contribution is -0.123. The van der Waals surface area contributed by atoms with Crippen LogP contribution >= 0.6 is 0 Å². The number of esters is 1. The van der Waals surface area contributed by atoms with Crippen molar-refractivity contribution in [1.82, 2.24) is 4.90 Å². The Kier molecular flexibility index (Phi) is 5.81. The molecule has 1 saturated heterocycles. The summed E-state index contributed by atoms with van der Waals surface area (Å²) < 4.78 is 36.6. The minimum absolute atomic E-state index is 0.0166. The molecule has 0 bridgehead atoms. The Balaban J connectivity index is 1.71.